The van der Waals surface area contributed by atoms with Crippen LogP contribution in [0.2, 0.25) is 5.02 Å². The summed E-state index contributed by atoms with van der Waals surface area (Å²) in [6, 6.07) is 5.22. The first-order chi connectivity index (χ1) is 8.49. The molecular formula is C13H17BrClNO2. The van der Waals surface area contributed by atoms with E-state index in [0.29, 0.717) is 23.9 Å². The molecule has 1 aromatic rings. The normalized spacial score (nSPS) is 12.1. The summed E-state index contributed by atoms with van der Waals surface area (Å²) in [5.74, 6) is 0.606. The van der Waals surface area contributed by atoms with Gasteiger partial charge in [0.1, 0.15) is 5.75 Å². The lowest BCUT2D eigenvalue weighted by Crippen LogP contribution is -2.40. The minimum absolute atomic E-state index is 0.0122. The molecule has 0 saturated carbocycles. The lowest BCUT2D eigenvalue weighted by atomic mass is 10.3. The minimum atomic E-state index is -0.512. The van der Waals surface area contributed by atoms with Crippen LogP contribution < -0.4 is 4.74 Å². The van der Waals surface area contributed by atoms with E-state index in [4.69, 9.17) is 16.3 Å². The van der Waals surface area contributed by atoms with Crippen LogP contribution in [0, 0.1) is 0 Å². The second-order valence-corrected chi connectivity index (χ2v) is 5.14. The summed E-state index contributed by atoms with van der Waals surface area (Å²) in [5.41, 5.74) is 0. The van der Waals surface area contributed by atoms with Crippen LogP contribution in [0.5, 0.6) is 5.75 Å². The average Bonchev–Trinajstić information content (AvgIpc) is 2.34. The van der Waals surface area contributed by atoms with Crippen LogP contribution in [-0.4, -0.2) is 30.0 Å². The van der Waals surface area contributed by atoms with E-state index in [1.807, 2.05) is 13.8 Å². The van der Waals surface area contributed by atoms with Crippen molar-refractivity contribution in [3.63, 3.8) is 0 Å². The first-order valence-corrected chi connectivity index (χ1v) is 7.07. The van der Waals surface area contributed by atoms with Gasteiger partial charge >= 0.3 is 0 Å². The Morgan fingerprint density at radius 3 is 2.56 bits per heavy atom. The number of hydrogen-bond donors (Lipinski definition) is 0. The van der Waals surface area contributed by atoms with Crippen LogP contribution in [-0.2, 0) is 4.79 Å². The fourth-order valence-electron chi connectivity index (χ4n) is 1.60. The van der Waals surface area contributed by atoms with Gasteiger partial charge in [-0.1, -0.05) is 11.6 Å². The SMILES string of the molecule is CCN(CC)C(=O)C(C)Oc1ccc(Cl)cc1Br. The smallest absolute Gasteiger partial charge is 0.263 e. The van der Waals surface area contributed by atoms with Crippen LogP contribution in [0.1, 0.15) is 20.8 Å². The number of carbonyl (C=O) groups excluding carboxylic acids is 1. The number of halogens is 2. The molecule has 0 radical (unpaired) electrons. The Morgan fingerprint density at radius 2 is 2.06 bits per heavy atom. The second kappa shape index (κ2) is 7.00. The van der Waals surface area contributed by atoms with Gasteiger partial charge in [0.05, 0.1) is 4.47 Å². The number of benzene rings is 1. The van der Waals surface area contributed by atoms with Crippen LogP contribution >= 0.6 is 27.5 Å². The van der Waals surface area contributed by atoms with E-state index in [0.717, 1.165) is 4.47 Å². The van der Waals surface area contributed by atoms with Crippen molar-refractivity contribution in [1.29, 1.82) is 0 Å². The lowest BCUT2D eigenvalue weighted by molar-refractivity contribution is -0.137. The lowest BCUT2D eigenvalue weighted by Gasteiger charge is -2.23. The summed E-state index contributed by atoms with van der Waals surface area (Å²) >= 11 is 9.21. The van der Waals surface area contributed by atoms with Crippen molar-refractivity contribution in [2.45, 2.75) is 26.9 Å². The molecule has 100 valence electrons. The predicted octanol–water partition coefficient (Wildman–Crippen LogP) is 3.74. The van der Waals surface area contributed by atoms with Crippen molar-refractivity contribution in [2.24, 2.45) is 0 Å². The van der Waals surface area contributed by atoms with Crippen LogP contribution in [0.25, 0.3) is 0 Å². The number of nitrogens with zero attached hydrogens (tertiary/aromatic N) is 1. The average molecular weight is 335 g/mol. The Labute approximate surface area is 121 Å². The largest absolute Gasteiger partial charge is 0.480 e. The molecule has 1 amide bonds. The maximum atomic E-state index is 12.0. The number of rotatable bonds is 5. The topological polar surface area (TPSA) is 29.5 Å². The Morgan fingerprint density at radius 1 is 1.44 bits per heavy atom. The second-order valence-electron chi connectivity index (χ2n) is 3.85. The number of carbonyl (C=O) groups is 1. The van der Waals surface area contributed by atoms with E-state index in [9.17, 15) is 4.79 Å². The molecule has 0 aromatic heterocycles. The van der Waals surface area contributed by atoms with Gasteiger partial charge in [-0.25, -0.2) is 0 Å². The summed E-state index contributed by atoms with van der Waals surface area (Å²) in [4.78, 5) is 13.8. The molecule has 18 heavy (non-hydrogen) atoms. The molecule has 1 unspecified atom stereocenters. The van der Waals surface area contributed by atoms with Gasteiger partial charge in [-0.2, -0.15) is 0 Å². The third-order valence-electron chi connectivity index (χ3n) is 2.62. The summed E-state index contributed by atoms with van der Waals surface area (Å²) in [6.45, 7) is 7.02. The van der Waals surface area contributed by atoms with E-state index in [1.54, 1.807) is 30.0 Å². The molecule has 0 aliphatic carbocycles. The van der Waals surface area contributed by atoms with E-state index in [2.05, 4.69) is 15.9 Å². The van der Waals surface area contributed by atoms with Crippen molar-refractivity contribution < 1.29 is 9.53 Å². The zero-order valence-electron chi connectivity index (χ0n) is 10.7. The molecular weight excluding hydrogens is 318 g/mol. The fourth-order valence-corrected chi connectivity index (χ4v) is 2.38. The van der Waals surface area contributed by atoms with Gasteiger partial charge < -0.3 is 9.64 Å². The van der Waals surface area contributed by atoms with Gasteiger partial charge in [0.15, 0.2) is 6.10 Å². The van der Waals surface area contributed by atoms with Crippen molar-refractivity contribution in [3.8, 4) is 5.75 Å². The van der Waals surface area contributed by atoms with Gasteiger partial charge in [-0.15, -0.1) is 0 Å². The first-order valence-electron chi connectivity index (χ1n) is 5.90. The highest BCUT2D eigenvalue weighted by Gasteiger charge is 2.20. The van der Waals surface area contributed by atoms with Gasteiger partial charge in [0.25, 0.3) is 5.91 Å². The molecule has 1 atom stereocenters. The summed E-state index contributed by atoms with van der Waals surface area (Å²) in [5, 5.41) is 0.622. The molecule has 0 aliphatic heterocycles. The zero-order chi connectivity index (χ0) is 13.7. The Kier molecular flexibility index (Phi) is 5.96. The van der Waals surface area contributed by atoms with E-state index in [-0.39, 0.29) is 5.91 Å². The van der Waals surface area contributed by atoms with E-state index < -0.39 is 6.10 Å². The van der Waals surface area contributed by atoms with Crippen LogP contribution in [0.15, 0.2) is 22.7 Å². The Hall–Kier alpha value is -0.740. The molecule has 0 fully saturated rings. The maximum absolute atomic E-state index is 12.0. The predicted molar refractivity (Wildman–Crippen MR) is 77.2 cm³/mol. The third-order valence-corrected chi connectivity index (χ3v) is 3.48. The van der Waals surface area contributed by atoms with Gasteiger partial charge in [0, 0.05) is 18.1 Å². The highest BCUT2D eigenvalue weighted by Crippen LogP contribution is 2.28. The Balaban J connectivity index is 2.75. The highest BCUT2D eigenvalue weighted by molar-refractivity contribution is 9.10. The molecule has 0 spiro atoms. The third kappa shape index (κ3) is 3.89. The van der Waals surface area contributed by atoms with Crippen LogP contribution in [0.3, 0.4) is 0 Å². The molecule has 0 heterocycles. The summed E-state index contributed by atoms with van der Waals surface area (Å²) < 4.78 is 6.39. The molecule has 1 aromatic carbocycles. The molecule has 0 N–H and O–H groups in total. The zero-order valence-corrected chi connectivity index (χ0v) is 13.1. The first kappa shape index (κ1) is 15.3. The van der Waals surface area contributed by atoms with Crippen molar-refractivity contribution in [1.82, 2.24) is 4.90 Å². The molecule has 0 saturated heterocycles. The standard InChI is InChI=1S/C13H17BrClNO2/c1-4-16(5-2)13(17)9(3)18-12-7-6-10(15)8-11(12)14/h6-9H,4-5H2,1-3H3. The van der Waals surface area contributed by atoms with E-state index >= 15 is 0 Å². The molecule has 0 aliphatic rings. The molecule has 0 bridgehead atoms. The van der Waals surface area contributed by atoms with Gasteiger partial charge in [-0.05, 0) is 54.9 Å². The molecule has 5 heteroatoms. The maximum Gasteiger partial charge on any atom is 0.263 e. The monoisotopic (exact) mass is 333 g/mol. The highest BCUT2D eigenvalue weighted by atomic mass is 79.9. The fraction of sp³-hybridized carbons (Fsp3) is 0.462. The van der Waals surface area contributed by atoms with Gasteiger partial charge in [0.2, 0.25) is 0 Å². The van der Waals surface area contributed by atoms with Crippen molar-refractivity contribution in [2.75, 3.05) is 13.1 Å². The number of hydrogen-bond acceptors (Lipinski definition) is 2. The quantitative estimate of drug-likeness (QED) is 0.821. The van der Waals surface area contributed by atoms with Crippen LogP contribution in [0.4, 0.5) is 0 Å². The summed E-state index contributed by atoms with van der Waals surface area (Å²) in [7, 11) is 0. The van der Waals surface area contributed by atoms with Crippen molar-refractivity contribution >= 4 is 33.4 Å². The number of likely N-dealkylation sites (N-methyl/N-ethyl adjacent to an activating group) is 1. The van der Waals surface area contributed by atoms with Crippen molar-refractivity contribution in [3.05, 3.63) is 27.7 Å². The Bertz CT molecular complexity index is 421. The number of amides is 1. The van der Waals surface area contributed by atoms with Gasteiger partial charge in [-0.3, -0.25) is 4.79 Å². The number of ether oxygens (including phenoxy) is 1. The minimum Gasteiger partial charge on any atom is -0.480 e. The summed E-state index contributed by atoms with van der Waals surface area (Å²) in [6.07, 6.45) is -0.512. The van der Waals surface area contributed by atoms with E-state index in [1.165, 1.54) is 0 Å². The molecule has 1 rings (SSSR count). The molecule has 3 nitrogen and oxygen atoms in total.